The van der Waals surface area contributed by atoms with Crippen molar-refractivity contribution in [2.24, 2.45) is 0 Å². The first-order valence-electron chi connectivity index (χ1n) is 11.9. The molecule has 0 fully saturated rings. The number of halogens is 5. The molecular formula is C28H13F5N2O6S. The van der Waals surface area contributed by atoms with Crippen LogP contribution in [0.25, 0.3) is 27.4 Å². The number of hydrogen-bond donors (Lipinski definition) is 0. The smallest absolute Gasteiger partial charge is 0.315 e. The number of fused-ring (bicyclic) bond motifs is 1. The maximum absolute atomic E-state index is 14.2. The van der Waals surface area contributed by atoms with Crippen molar-refractivity contribution in [3.63, 3.8) is 0 Å². The number of imide groups is 1. The van der Waals surface area contributed by atoms with Gasteiger partial charge < -0.3 is 4.57 Å². The van der Waals surface area contributed by atoms with E-state index < -0.39 is 55.9 Å². The number of nitrogens with zero attached hydrogens (tertiary/aromatic N) is 2. The molecule has 0 aliphatic carbocycles. The van der Waals surface area contributed by atoms with Crippen molar-refractivity contribution < 1.29 is 49.0 Å². The van der Waals surface area contributed by atoms with Crippen molar-refractivity contribution in [2.75, 3.05) is 0 Å². The molecule has 8 nitrogen and oxygen atoms in total. The Morgan fingerprint density at radius 1 is 0.738 bits per heavy atom. The quantitative estimate of drug-likeness (QED) is 0.0856. The van der Waals surface area contributed by atoms with Crippen LogP contribution in [0.15, 0.2) is 65.7 Å². The number of benzene rings is 4. The molecule has 14 heteroatoms. The Balaban J connectivity index is 1.49. The molecule has 0 saturated heterocycles. The van der Waals surface area contributed by atoms with Crippen LogP contribution in [0.1, 0.15) is 38.0 Å². The van der Waals surface area contributed by atoms with E-state index in [4.69, 9.17) is 0 Å². The van der Waals surface area contributed by atoms with Crippen LogP contribution in [-0.4, -0.2) is 35.6 Å². The first kappa shape index (κ1) is 27.2. The number of Topliss-reactive ketones (excluding diaryl/α,β-unsaturated/α-hetero) is 1. The van der Waals surface area contributed by atoms with Gasteiger partial charge in [0.1, 0.15) is 0 Å². The number of aromatic nitrogens is 1. The highest BCUT2D eigenvalue weighted by Crippen LogP contribution is 2.37. The highest BCUT2D eigenvalue weighted by molar-refractivity contribution is 7.86. The first-order valence-corrected chi connectivity index (χ1v) is 13.3. The van der Waals surface area contributed by atoms with Crippen LogP contribution in [0.3, 0.4) is 0 Å². The fraction of sp³-hybridized carbons (Fsp3) is 0.0357. The summed E-state index contributed by atoms with van der Waals surface area (Å²) in [5.41, 5.74) is 0.967. The second-order valence-corrected chi connectivity index (χ2v) is 10.6. The van der Waals surface area contributed by atoms with E-state index in [1.165, 1.54) is 31.2 Å². The van der Waals surface area contributed by atoms with Crippen molar-refractivity contribution in [3.05, 3.63) is 107 Å². The predicted molar refractivity (Wildman–Crippen MR) is 136 cm³/mol. The van der Waals surface area contributed by atoms with Gasteiger partial charge in [-0.1, -0.05) is 30.3 Å². The molecule has 6 rings (SSSR count). The first-order chi connectivity index (χ1) is 19.8. The normalized spacial score (nSPS) is 13.4. The molecule has 212 valence electrons. The minimum atomic E-state index is -5.95. The summed E-state index contributed by atoms with van der Waals surface area (Å²) in [6, 6.07) is 13.9. The summed E-state index contributed by atoms with van der Waals surface area (Å²) in [5.74, 6) is -16.2. The summed E-state index contributed by atoms with van der Waals surface area (Å²) in [5, 5.41) is 0.726. The molecular weight excluding hydrogens is 587 g/mol. The second-order valence-electron chi connectivity index (χ2n) is 9.18. The van der Waals surface area contributed by atoms with Crippen molar-refractivity contribution >= 4 is 49.4 Å². The van der Waals surface area contributed by atoms with Gasteiger partial charge in [0.25, 0.3) is 11.8 Å². The largest absolute Gasteiger partial charge is 0.324 e. The average Bonchev–Trinajstić information content (AvgIpc) is 3.35. The third-order valence-electron chi connectivity index (χ3n) is 6.79. The lowest BCUT2D eigenvalue weighted by Crippen LogP contribution is -2.42. The summed E-state index contributed by atoms with van der Waals surface area (Å²) < 4.78 is 101. The minimum absolute atomic E-state index is 0.0700. The molecule has 4 aromatic carbocycles. The highest BCUT2D eigenvalue weighted by atomic mass is 32.2. The number of rotatable bonds is 5. The van der Waals surface area contributed by atoms with E-state index >= 15 is 0 Å². The van der Waals surface area contributed by atoms with E-state index in [2.05, 4.69) is 4.28 Å². The highest BCUT2D eigenvalue weighted by Gasteiger charge is 2.42. The van der Waals surface area contributed by atoms with Crippen LogP contribution in [-0.2, 0) is 14.4 Å². The lowest BCUT2D eigenvalue weighted by atomic mass is 9.94. The molecule has 2 amide bonds. The number of carbonyl (C=O) groups is 3. The van der Waals surface area contributed by atoms with Gasteiger partial charge >= 0.3 is 10.1 Å². The Labute approximate surface area is 232 Å². The van der Waals surface area contributed by atoms with Gasteiger partial charge in [0.15, 0.2) is 33.9 Å². The average molecular weight is 600 g/mol. The lowest BCUT2D eigenvalue weighted by Gasteiger charge is -2.26. The van der Waals surface area contributed by atoms with Crippen molar-refractivity contribution in [3.8, 4) is 5.69 Å². The summed E-state index contributed by atoms with van der Waals surface area (Å²) in [6.07, 6.45) is 1.59. The predicted octanol–water partition coefficient (Wildman–Crippen LogP) is 5.60. The Kier molecular flexibility index (Phi) is 6.02. The maximum Gasteiger partial charge on any atom is 0.324 e. The Morgan fingerprint density at radius 2 is 1.31 bits per heavy atom. The zero-order valence-electron chi connectivity index (χ0n) is 20.9. The van der Waals surface area contributed by atoms with Crippen LogP contribution >= 0.6 is 0 Å². The zero-order valence-corrected chi connectivity index (χ0v) is 21.7. The van der Waals surface area contributed by atoms with E-state index in [0.717, 1.165) is 0 Å². The number of amides is 2. The van der Waals surface area contributed by atoms with E-state index in [-0.39, 0.29) is 27.4 Å². The number of carbonyl (C=O) groups excluding carboxylic acids is 3. The van der Waals surface area contributed by atoms with Gasteiger partial charge in [-0.2, -0.15) is 8.42 Å². The third kappa shape index (κ3) is 3.75. The van der Waals surface area contributed by atoms with Crippen LogP contribution in [0, 0.1) is 29.1 Å². The van der Waals surface area contributed by atoms with Crippen molar-refractivity contribution in [2.45, 2.75) is 11.8 Å². The van der Waals surface area contributed by atoms with Crippen LogP contribution in [0.4, 0.5) is 22.0 Å². The molecule has 0 spiro atoms. The van der Waals surface area contributed by atoms with Crippen LogP contribution < -0.4 is 0 Å². The molecule has 1 aliphatic heterocycles. The molecule has 2 heterocycles. The molecule has 5 aromatic rings. The van der Waals surface area contributed by atoms with E-state index in [0.29, 0.717) is 27.5 Å². The van der Waals surface area contributed by atoms with E-state index in [9.17, 15) is 44.8 Å². The Morgan fingerprint density at radius 3 is 1.95 bits per heavy atom. The molecule has 0 bridgehead atoms. The van der Waals surface area contributed by atoms with Crippen molar-refractivity contribution in [1.82, 2.24) is 9.63 Å². The summed E-state index contributed by atoms with van der Waals surface area (Å²) >= 11 is 0. The fourth-order valence-corrected chi connectivity index (χ4v) is 5.96. The molecule has 1 aliphatic rings. The van der Waals surface area contributed by atoms with Gasteiger partial charge in [-0.25, -0.2) is 22.0 Å². The summed E-state index contributed by atoms with van der Waals surface area (Å²) in [6.45, 7) is 1.40. The molecule has 0 N–H and O–H groups in total. The molecule has 1 aromatic heterocycles. The fourth-order valence-electron chi connectivity index (χ4n) is 4.94. The van der Waals surface area contributed by atoms with Crippen molar-refractivity contribution in [1.29, 1.82) is 0 Å². The monoisotopic (exact) mass is 600 g/mol. The molecule has 42 heavy (non-hydrogen) atoms. The van der Waals surface area contributed by atoms with E-state index in [1.54, 1.807) is 41.1 Å². The van der Waals surface area contributed by atoms with Gasteiger partial charge in [-0.05, 0) is 31.2 Å². The number of para-hydroxylation sites is 1. The van der Waals surface area contributed by atoms with E-state index in [1.807, 2.05) is 0 Å². The van der Waals surface area contributed by atoms with Gasteiger partial charge in [-0.3, -0.25) is 14.4 Å². The Bertz CT molecular complexity index is 2130. The van der Waals surface area contributed by atoms with Crippen LogP contribution in [0.5, 0.6) is 0 Å². The van der Waals surface area contributed by atoms with Gasteiger partial charge in [0.05, 0.1) is 22.3 Å². The molecule has 0 atom stereocenters. The standard InChI is InChI=1S/C28H13F5N2O6S/c1-12(36)17-11-34(18-8-3-2-5-13(17)18)19-10-9-16-20-14(19)6-4-7-15(20)27(37)35(28(16)38)41-42(39,40)26-24(32)22(30)21(29)23(31)25(26)33/h2-11H,1H3. The maximum atomic E-state index is 14.2. The number of hydroxylamine groups is 2. The third-order valence-corrected chi connectivity index (χ3v) is 7.99. The topological polar surface area (TPSA) is 103 Å². The molecule has 0 unspecified atom stereocenters. The summed E-state index contributed by atoms with van der Waals surface area (Å²) in [4.78, 5) is 36.5. The Hall–Kier alpha value is -4.95. The van der Waals surface area contributed by atoms with Crippen LogP contribution in [0.2, 0.25) is 0 Å². The molecule has 0 radical (unpaired) electrons. The number of hydrogen-bond acceptors (Lipinski definition) is 6. The van der Waals surface area contributed by atoms with Gasteiger partial charge in [-0.15, -0.1) is 9.35 Å². The number of ketones is 1. The molecule has 0 saturated carbocycles. The van der Waals surface area contributed by atoms with Gasteiger partial charge in [0, 0.05) is 27.9 Å². The van der Waals surface area contributed by atoms with Gasteiger partial charge in [0.2, 0.25) is 5.82 Å². The summed E-state index contributed by atoms with van der Waals surface area (Å²) in [7, 11) is -5.95. The second kappa shape index (κ2) is 9.29. The zero-order chi connectivity index (χ0) is 30.2. The minimum Gasteiger partial charge on any atom is -0.315 e. The SMILES string of the molecule is CC(=O)c1cn(-c2ccc3c4c(cccc24)C(=O)N(OS(=O)(=O)c2c(F)c(F)c(F)c(F)c2F)C3=O)c2ccccc12. The lowest BCUT2D eigenvalue weighted by molar-refractivity contribution is -0.0159.